The summed E-state index contributed by atoms with van der Waals surface area (Å²) in [6.07, 6.45) is 0. The Kier molecular flexibility index (Phi) is 6.23. The van der Waals surface area contributed by atoms with Crippen LogP contribution in [0.2, 0.25) is 0 Å². The van der Waals surface area contributed by atoms with Crippen LogP contribution in [0, 0.1) is 0 Å². The molecule has 2 aromatic carbocycles. The van der Waals surface area contributed by atoms with Crippen molar-refractivity contribution in [2.75, 3.05) is 27.5 Å². The molecule has 2 atom stereocenters. The fourth-order valence-electron chi connectivity index (χ4n) is 3.67. The number of Topliss-reactive ketones (excluding diaryl/α,β-unsaturated/α-hetero) is 1. The Bertz CT molecular complexity index is 1170. The number of fused-ring (bicyclic) bond motifs is 1. The first kappa shape index (κ1) is 22.0. The average Bonchev–Trinajstić information content (AvgIpc) is 3.19. The molecule has 0 aromatic heterocycles. The molecule has 2 aliphatic rings. The monoisotopic (exact) mass is 521 g/mol. The zero-order valence-corrected chi connectivity index (χ0v) is 19.8. The fourth-order valence-corrected chi connectivity index (χ4v) is 6.70. The third-order valence-electron chi connectivity index (χ3n) is 5.10. The molecule has 7 nitrogen and oxygen atoms in total. The van der Waals surface area contributed by atoms with Crippen LogP contribution >= 0.6 is 27.7 Å². The van der Waals surface area contributed by atoms with Crippen molar-refractivity contribution in [3.8, 4) is 0 Å². The minimum absolute atomic E-state index is 0.000610. The molecule has 0 bridgehead atoms. The third-order valence-corrected chi connectivity index (χ3v) is 8.29. The summed E-state index contributed by atoms with van der Waals surface area (Å²) in [5.74, 6) is -0.130. The molecule has 1 fully saturated rings. The van der Waals surface area contributed by atoms with E-state index in [1.165, 1.54) is 18.7 Å². The van der Waals surface area contributed by atoms with Gasteiger partial charge in [-0.2, -0.15) is 0 Å². The lowest BCUT2D eigenvalue weighted by Crippen LogP contribution is -2.39. The number of hydrogen-bond acceptors (Lipinski definition) is 7. The molecule has 162 valence electrons. The second-order valence-corrected chi connectivity index (χ2v) is 11.5. The van der Waals surface area contributed by atoms with E-state index in [0.29, 0.717) is 22.1 Å². The van der Waals surface area contributed by atoms with Crippen LogP contribution in [0.5, 0.6) is 0 Å². The molecule has 2 aromatic rings. The molecular formula is C21H20BrN3O4S2. The number of aliphatic imine (C=N–C) groups is 1. The molecular weight excluding hydrogens is 502 g/mol. The van der Waals surface area contributed by atoms with Gasteiger partial charge in [0.15, 0.2) is 20.8 Å². The van der Waals surface area contributed by atoms with Crippen molar-refractivity contribution >= 4 is 65.8 Å². The quantitative estimate of drug-likeness (QED) is 0.606. The molecule has 2 aliphatic heterocycles. The summed E-state index contributed by atoms with van der Waals surface area (Å²) in [5, 5.41) is 3.43. The van der Waals surface area contributed by atoms with Gasteiger partial charge < -0.3 is 10.2 Å². The van der Waals surface area contributed by atoms with Gasteiger partial charge in [-0.3, -0.25) is 14.6 Å². The molecule has 1 amide bonds. The first-order valence-corrected chi connectivity index (χ1v) is 13.2. The number of amidine groups is 1. The maximum Gasteiger partial charge on any atom is 0.234 e. The Morgan fingerprint density at radius 3 is 2.65 bits per heavy atom. The normalized spacial score (nSPS) is 21.5. The summed E-state index contributed by atoms with van der Waals surface area (Å²) < 4.78 is 25.3. The first-order valence-electron chi connectivity index (χ1n) is 9.58. The number of thioether (sulfide) groups is 1. The van der Waals surface area contributed by atoms with Gasteiger partial charge in [0.1, 0.15) is 0 Å². The highest BCUT2D eigenvalue weighted by Gasteiger charge is 2.47. The Labute approximate surface area is 193 Å². The van der Waals surface area contributed by atoms with E-state index in [1.807, 2.05) is 23.1 Å². The Morgan fingerprint density at radius 1 is 1.19 bits per heavy atom. The standard InChI is InChI=1S/C21H20BrN3O4S2/c1-13(26)14-3-2-4-17(9-14)25-19-12-31(28,29)11-18(19)24-21(25)30-10-20(27)23-16-7-5-15(22)6-8-16/h2-9,18-19H,10-12H2,1H3,(H,23,27)/t18-,19+/m1/s1. The largest absolute Gasteiger partial charge is 0.325 e. The number of nitrogens with zero attached hydrogens (tertiary/aromatic N) is 2. The van der Waals surface area contributed by atoms with Crippen molar-refractivity contribution in [3.63, 3.8) is 0 Å². The molecule has 31 heavy (non-hydrogen) atoms. The number of sulfone groups is 1. The lowest BCUT2D eigenvalue weighted by molar-refractivity contribution is -0.113. The number of amides is 1. The minimum atomic E-state index is -3.18. The van der Waals surface area contributed by atoms with Crippen LogP contribution in [0.1, 0.15) is 17.3 Å². The Balaban J connectivity index is 1.53. The van der Waals surface area contributed by atoms with Gasteiger partial charge in [0.05, 0.1) is 29.3 Å². The second-order valence-electron chi connectivity index (χ2n) is 7.44. The molecule has 1 saturated heterocycles. The van der Waals surface area contributed by atoms with E-state index in [2.05, 4.69) is 26.2 Å². The van der Waals surface area contributed by atoms with E-state index >= 15 is 0 Å². The lowest BCUT2D eigenvalue weighted by atomic mass is 10.1. The van der Waals surface area contributed by atoms with Gasteiger partial charge in [0, 0.05) is 21.4 Å². The molecule has 1 N–H and O–H groups in total. The Morgan fingerprint density at radius 2 is 1.94 bits per heavy atom. The second kappa shape index (κ2) is 8.76. The number of rotatable bonds is 5. The number of anilines is 2. The zero-order valence-electron chi connectivity index (χ0n) is 16.6. The SMILES string of the molecule is CC(=O)c1cccc(N2C(SCC(=O)Nc3ccc(Br)cc3)=N[C@@H]3CS(=O)(=O)C[C@@H]32)c1. The van der Waals surface area contributed by atoms with Crippen molar-refractivity contribution in [2.45, 2.75) is 19.0 Å². The average molecular weight is 522 g/mol. The first-order chi connectivity index (χ1) is 14.7. The fraction of sp³-hybridized carbons (Fsp3) is 0.286. The van der Waals surface area contributed by atoms with Crippen molar-refractivity contribution < 1.29 is 18.0 Å². The topological polar surface area (TPSA) is 95.9 Å². The van der Waals surface area contributed by atoms with Crippen molar-refractivity contribution in [2.24, 2.45) is 4.99 Å². The van der Waals surface area contributed by atoms with Gasteiger partial charge in [-0.1, -0.05) is 39.8 Å². The number of hydrogen-bond donors (Lipinski definition) is 1. The highest BCUT2D eigenvalue weighted by atomic mass is 79.9. The van der Waals surface area contributed by atoms with Crippen LogP contribution < -0.4 is 10.2 Å². The van der Waals surface area contributed by atoms with Crippen LogP contribution in [0.3, 0.4) is 0 Å². The molecule has 10 heteroatoms. The number of nitrogens with one attached hydrogen (secondary N) is 1. The van der Waals surface area contributed by atoms with E-state index in [1.54, 1.807) is 30.3 Å². The number of carbonyl (C=O) groups is 2. The summed E-state index contributed by atoms with van der Waals surface area (Å²) in [4.78, 5) is 30.7. The highest BCUT2D eigenvalue weighted by Crippen LogP contribution is 2.35. The number of benzene rings is 2. The molecule has 0 radical (unpaired) electrons. The number of halogens is 1. The smallest absolute Gasteiger partial charge is 0.234 e. The van der Waals surface area contributed by atoms with Gasteiger partial charge in [0.25, 0.3) is 0 Å². The predicted octanol–water partition coefficient (Wildman–Crippen LogP) is 3.37. The minimum Gasteiger partial charge on any atom is -0.325 e. The van der Waals surface area contributed by atoms with Gasteiger partial charge in [-0.25, -0.2) is 8.42 Å². The molecule has 0 saturated carbocycles. The summed E-state index contributed by atoms with van der Waals surface area (Å²) >= 11 is 4.62. The van der Waals surface area contributed by atoms with E-state index < -0.39 is 9.84 Å². The van der Waals surface area contributed by atoms with Crippen LogP contribution in [0.4, 0.5) is 11.4 Å². The lowest BCUT2D eigenvalue weighted by Gasteiger charge is -2.26. The summed E-state index contributed by atoms with van der Waals surface area (Å²) in [7, 11) is -3.18. The van der Waals surface area contributed by atoms with E-state index in [-0.39, 0.29) is 41.0 Å². The van der Waals surface area contributed by atoms with Crippen molar-refractivity contribution in [1.29, 1.82) is 0 Å². The molecule has 0 aliphatic carbocycles. The van der Waals surface area contributed by atoms with Crippen molar-refractivity contribution in [3.05, 3.63) is 58.6 Å². The van der Waals surface area contributed by atoms with E-state index in [4.69, 9.17) is 0 Å². The maximum absolute atomic E-state index is 12.4. The van der Waals surface area contributed by atoms with Crippen LogP contribution in [-0.2, 0) is 14.6 Å². The summed E-state index contributed by atoms with van der Waals surface area (Å²) in [6, 6.07) is 13.7. The molecule has 0 spiro atoms. The van der Waals surface area contributed by atoms with E-state index in [9.17, 15) is 18.0 Å². The maximum atomic E-state index is 12.4. The van der Waals surface area contributed by atoms with E-state index in [0.717, 1.165) is 4.47 Å². The van der Waals surface area contributed by atoms with Gasteiger partial charge in [-0.15, -0.1) is 0 Å². The summed E-state index contributed by atoms with van der Waals surface area (Å²) in [5.41, 5.74) is 1.94. The predicted molar refractivity (Wildman–Crippen MR) is 128 cm³/mol. The third kappa shape index (κ3) is 5.02. The molecule has 2 heterocycles. The van der Waals surface area contributed by atoms with Gasteiger partial charge in [0.2, 0.25) is 5.91 Å². The molecule has 0 unspecified atom stereocenters. The molecule has 4 rings (SSSR count). The Hall–Kier alpha value is -2.17. The van der Waals surface area contributed by atoms with Gasteiger partial charge in [-0.05, 0) is 43.3 Å². The van der Waals surface area contributed by atoms with Crippen LogP contribution in [0.15, 0.2) is 58.0 Å². The number of ketones is 1. The highest BCUT2D eigenvalue weighted by molar-refractivity contribution is 9.10. The van der Waals surface area contributed by atoms with Crippen molar-refractivity contribution in [1.82, 2.24) is 0 Å². The summed E-state index contributed by atoms with van der Waals surface area (Å²) in [6.45, 7) is 1.49. The van der Waals surface area contributed by atoms with Gasteiger partial charge >= 0.3 is 0 Å². The van der Waals surface area contributed by atoms with Crippen LogP contribution in [0.25, 0.3) is 0 Å². The zero-order chi connectivity index (χ0) is 22.2. The van der Waals surface area contributed by atoms with Crippen LogP contribution in [-0.4, -0.2) is 54.6 Å². The number of carbonyl (C=O) groups excluding carboxylic acids is 2.